The fraction of sp³-hybridized carbons (Fsp3) is 0.595. The van der Waals surface area contributed by atoms with Crippen LogP contribution in [0.15, 0.2) is 36.5 Å². The molecule has 288 valence electrons. The second-order valence-corrected chi connectivity index (χ2v) is 17.8. The molecule has 1 aromatic heterocycles. The van der Waals surface area contributed by atoms with Gasteiger partial charge in [-0.1, -0.05) is 26.0 Å². The Morgan fingerprint density at radius 3 is 2.53 bits per heavy atom. The number of nitrogens with one attached hydrogen (secondary N) is 3. The third-order valence-corrected chi connectivity index (χ3v) is 13.5. The van der Waals surface area contributed by atoms with Gasteiger partial charge in [0, 0.05) is 42.9 Å². The number of carbonyl (C=O) groups is 4. The summed E-state index contributed by atoms with van der Waals surface area (Å²) in [6.45, 7) is 5.35. The Balaban J connectivity index is 1.35. The summed E-state index contributed by atoms with van der Waals surface area (Å²) < 4.78 is 39.5. The lowest BCUT2D eigenvalue weighted by atomic mass is 9.88. The molecule has 0 unspecified atom stereocenters. The van der Waals surface area contributed by atoms with E-state index in [1.807, 2.05) is 63.2 Å². The summed E-state index contributed by atoms with van der Waals surface area (Å²) in [7, 11) is 1.38. The van der Waals surface area contributed by atoms with E-state index in [9.17, 15) is 32.7 Å². The van der Waals surface area contributed by atoms with Crippen molar-refractivity contribution >= 4 is 50.3 Å². The van der Waals surface area contributed by atoms with Crippen molar-refractivity contribution in [2.24, 2.45) is 17.8 Å². The molecule has 4 aliphatic rings. The number of methoxy groups -OCH3 is 1. The molecule has 16 heteroatoms. The van der Waals surface area contributed by atoms with Crippen molar-refractivity contribution in [2.45, 2.75) is 94.2 Å². The molecule has 53 heavy (non-hydrogen) atoms. The first kappa shape index (κ1) is 38.1. The third-order valence-electron chi connectivity index (χ3n) is 11.3. The van der Waals surface area contributed by atoms with E-state index >= 15 is 0 Å². The molecule has 2 saturated carbocycles. The maximum Gasteiger partial charge on any atom is 0.405 e. The number of sulfonamides is 1. The maximum absolute atomic E-state index is 14.4. The summed E-state index contributed by atoms with van der Waals surface area (Å²) in [5.74, 6) is -2.04. The van der Waals surface area contributed by atoms with E-state index in [0.29, 0.717) is 36.8 Å². The van der Waals surface area contributed by atoms with E-state index in [1.54, 1.807) is 14.0 Å². The van der Waals surface area contributed by atoms with Gasteiger partial charge in [0.15, 0.2) is 0 Å². The van der Waals surface area contributed by atoms with Crippen LogP contribution in [0.2, 0.25) is 0 Å². The first-order valence-electron chi connectivity index (χ1n) is 18.1. The van der Waals surface area contributed by atoms with Crippen LogP contribution in [0.4, 0.5) is 10.5 Å². The van der Waals surface area contributed by atoms with Gasteiger partial charge in [-0.15, -0.1) is 0 Å². The minimum atomic E-state index is -4.00. The van der Waals surface area contributed by atoms with Crippen molar-refractivity contribution < 1.29 is 42.2 Å². The summed E-state index contributed by atoms with van der Waals surface area (Å²) in [5.41, 5.74) is -0.623. The molecule has 4 amide bonds. The number of pyridine rings is 1. The predicted octanol–water partition coefficient (Wildman–Crippen LogP) is 3.18. The quantitative estimate of drug-likeness (QED) is 0.289. The van der Waals surface area contributed by atoms with Crippen LogP contribution in [0, 0.1) is 17.8 Å². The Bertz CT molecular complexity index is 1930. The summed E-state index contributed by atoms with van der Waals surface area (Å²) in [6, 6.07) is 3.38. The zero-order valence-corrected chi connectivity index (χ0v) is 31.9. The smallest absolute Gasteiger partial charge is 0.405 e. The first-order chi connectivity index (χ1) is 25.0. The summed E-state index contributed by atoms with van der Waals surface area (Å²) in [5, 5.41) is 16.4. The van der Waals surface area contributed by atoms with Crippen LogP contribution in [0.1, 0.15) is 65.7 Å². The molecule has 1 aromatic carbocycles. The van der Waals surface area contributed by atoms with E-state index in [2.05, 4.69) is 20.3 Å². The number of nitrogens with zero attached hydrogens (tertiary/aromatic N) is 3. The number of carbonyl (C=O) groups excluding carboxylic acids is 3. The molecule has 3 heterocycles. The molecule has 0 radical (unpaired) electrons. The van der Waals surface area contributed by atoms with Gasteiger partial charge in [0.2, 0.25) is 27.7 Å². The number of aromatic nitrogens is 1. The minimum absolute atomic E-state index is 0.00169. The fourth-order valence-corrected chi connectivity index (χ4v) is 8.91. The molecular formula is C37H50N6O9S. The molecule has 15 nitrogen and oxygen atoms in total. The third kappa shape index (κ3) is 7.60. The molecule has 6 rings (SSSR count). The molecule has 0 spiro atoms. The molecular weight excluding hydrogens is 705 g/mol. The lowest BCUT2D eigenvalue weighted by Crippen LogP contribution is -2.59. The number of allylic oxidation sites excluding steroid dienone is 1. The van der Waals surface area contributed by atoms with Gasteiger partial charge in [-0.3, -0.25) is 19.1 Å². The lowest BCUT2D eigenvalue weighted by molar-refractivity contribution is -0.142. The van der Waals surface area contributed by atoms with Crippen molar-refractivity contribution in [1.82, 2.24) is 25.2 Å². The minimum Gasteiger partial charge on any atom is -0.494 e. The SMILES string of the molecule is COc1cnc(O[C@@H]2C[C@H]3C(=O)N[C@]4(C(=O)NS(=O)(=O)C5(C)CC5)C[C@H]4C=CCC[C@@H](C)C[C@@H](C)[C@H](NC(=O)O)C(=O)N3C2)c2ccc(N(C)C)cc12. The predicted molar refractivity (Wildman–Crippen MR) is 197 cm³/mol. The Morgan fingerprint density at radius 1 is 1.13 bits per heavy atom. The zero-order valence-electron chi connectivity index (χ0n) is 31.0. The van der Waals surface area contributed by atoms with Gasteiger partial charge in [0.1, 0.15) is 29.5 Å². The van der Waals surface area contributed by atoms with E-state index in [0.717, 1.165) is 17.5 Å². The van der Waals surface area contributed by atoms with E-state index in [4.69, 9.17) is 9.47 Å². The topological polar surface area (TPSA) is 197 Å². The average Bonchev–Trinajstić information content (AvgIpc) is 3.98. The molecule has 2 aromatic rings. The highest BCUT2D eigenvalue weighted by atomic mass is 32.2. The fourth-order valence-electron chi connectivity index (χ4n) is 7.60. The van der Waals surface area contributed by atoms with Crippen LogP contribution in [0.3, 0.4) is 0 Å². The highest BCUT2D eigenvalue weighted by Crippen LogP contribution is 2.47. The van der Waals surface area contributed by atoms with Gasteiger partial charge in [-0.25, -0.2) is 18.2 Å². The van der Waals surface area contributed by atoms with E-state index < -0.39 is 74.1 Å². The highest BCUT2D eigenvalue weighted by Gasteiger charge is 2.63. The Labute approximate surface area is 309 Å². The molecule has 0 bridgehead atoms. The Hall–Kier alpha value is -4.60. The average molecular weight is 755 g/mol. The normalized spacial score (nSPS) is 29.8. The van der Waals surface area contributed by atoms with Gasteiger partial charge in [-0.05, 0) is 75.5 Å². The Kier molecular flexibility index (Phi) is 10.3. The second-order valence-electron chi connectivity index (χ2n) is 15.6. The number of hydrogen-bond donors (Lipinski definition) is 4. The van der Waals surface area contributed by atoms with Crippen molar-refractivity contribution in [2.75, 3.05) is 32.6 Å². The Morgan fingerprint density at radius 2 is 1.87 bits per heavy atom. The van der Waals surface area contributed by atoms with Crippen LogP contribution in [-0.4, -0.2) is 103 Å². The standard InChI is InChI=1S/C37H50N6O9S/c1-21-9-7-8-10-23-18-37(23,34(46)41-53(49,50)36(3)13-14-36)40-31(44)28-17-25(20-43(28)33(45)30(22(2)15-21)39-35(47)48)52-32-26-12-11-24(42(4)5)16-27(26)29(51-6)19-38-32/h8,10-12,16,19,21-23,25,28,30,39H,7,9,13-15,17-18,20H2,1-6H3,(H,40,44)(H,41,46)(H,47,48)/t21-,22-,23-,25-,28+,30+,37-/m1/s1. The van der Waals surface area contributed by atoms with Gasteiger partial charge >= 0.3 is 6.09 Å². The number of fused-ring (bicyclic) bond motifs is 3. The number of anilines is 1. The van der Waals surface area contributed by atoms with Crippen LogP contribution < -0.4 is 29.7 Å². The summed E-state index contributed by atoms with van der Waals surface area (Å²) >= 11 is 0. The van der Waals surface area contributed by atoms with Crippen LogP contribution in [0.25, 0.3) is 10.8 Å². The molecule has 2 aliphatic carbocycles. The highest BCUT2D eigenvalue weighted by molar-refractivity contribution is 7.91. The molecule has 4 N–H and O–H groups in total. The second kappa shape index (κ2) is 14.3. The van der Waals surface area contributed by atoms with E-state index in [1.165, 1.54) is 11.1 Å². The van der Waals surface area contributed by atoms with Crippen molar-refractivity contribution in [1.29, 1.82) is 0 Å². The van der Waals surface area contributed by atoms with Gasteiger partial charge in [0.25, 0.3) is 5.91 Å². The van der Waals surface area contributed by atoms with E-state index in [-0.39, 0.29) is 31.2 Å². The monoisotopic (exact) mass is 754 g/mol. The lowest BCUT2D eigenvalue weighted by Gasteiger charge is -2.32. The van der Waals surface area contributed by atoms with Crippen LogP contribution >= 0.6 is 0 Å². The van der Waals surface area contributed by atoms with Crippen LogP contribution in [-0.2, 0) is 24.4 Å². The zero-order chi connectivity index (χ0) is 38.5. The number of carboxylic acid groups (broad SMARTS) is 1. The summed E-state index contributed by atoms with van der Waals surface area (Å²) in [6.07, 6.45) is 6.16. The molecule has 1 saturated heterocycles. The number of hydrogen-bond acceptors (Lipinski definition) is 10. The van der Waals surface area contributed by atoms with Crippen LogP contribution in [0.5, 0.6) is 11.6 Å². The molecule has 3 fully saturated rings. The number of rotatable bonds is 8. The van der Waals surface area contributed by atoms with Gasteiger partial charge in [-0.2, -0.15) is 0 Å². The van der Waals surface area contributed by atoms with Crippen molar-refractivity contribution in [3.8, 4) is 11.6 Å². The summed E-state index contributed by atoms with van der Waals surface area (Å²) in [4.78, 5) is 62.4. The van der Waals surface area contributed by atoms with Crippen molar-refractivity contribution in [3.05, 3.63) is 36.5 Å². The van der Waals surface area contributed by atoms with Gasteiger partial charge in [0.05, 0.1) is 24.6 Å². The molecule has 7 atom stereocenters. The van der Waals surface area contributed by atoms with Gasteiger partial charge < -0.3 is 35.0 Å². The number of ether oxygens (including phenoxy) is 2. The molecule has 2 aliphatic heterocycles. The maximum atomic E-state index is 14.4. The first-order valence-corrected chi connectivity index (χ1v) is 19.6. The largest absolute Gasteiger partial charge is 0.494 e. The number of benzene rings is 1. The van der Waals surface area contributed by atoms with Crippen molar-refractivity contribution in [3.63, 3.8) is 0 Å². The number of amides is 4.